The van der Waals surface area contributed by atoms with Crippen molar-refractivity contribution in [2.24, 2.45) is 5.92 Å². The number of carbonyl (C=O) groups is 1. The highest BCUT2D eigenvalue weighted by atomic mass is 32.1. The van der Waals surface area contributed by atoms with Gasteiger partial charge in [0.15, 0.2) is 6.10 Å². The molecule has 2 nitrogen and oxygen atoms in total. The van der Waals surface area contributed by atoms with Crippen molar-refractivity contribution in [3.63, 3.8) is 0 Å². The minimum atomic E-state index is -0.684. The van der Waals surface area contributed by atoms with Crippen LogP contribution in [0.4, 0.5) is 0 Å². The molecule has 2 aromatic rings. The standard InChI is InChI=1S/C22H22O2S/c1-6-8-11-16(5)18(7-2)24-22(23)21(15(3)4)20-14-17-12-9-10-13-19(17)25-20/h1-2,9-15,18,21H,8H2,3-5H3. The fraction of sp³-hybridized carbons (Fsp3) is 0.318. The van der Waals surface area contributed by atoms with Crippen molar-refractivity contribution in [1.29, 1.82) is 0 Å². The zero-order valence-electron chi connectivity index (χ0n) is 14.8. The van der Waals surface area contributed by atoms with Gasteiger partial charge in [0.25, 0.3) is 0 Å². The summed E-state index contributed by atoms with van der Waals surface area (Å²) >= 11 is 1.63. The number of fused-ring (bicyclic) bond motifs is 1. The number of ether oxygens (including phenoxy) is 1. The van der Waals surface area contributed by atoms with E-state index in [-0.39, 0.29) is 17.8 Å². The molecule has 0 saturated carbocycles. The molecular weight excluding hydrogens is 328 g/mol. The Hall–Kier alpha value is -2.49. The lowest BCUT2D eigenvalue weighted by Crippen LogP contribution is -2.25. The topological polar surface area (TPSA) is 26.3 Å². The summed E-state index contributed by atoms with van der Waals surface area (Å²) < 4.78 is 6.79. The Balaban J connectivity index is 2.26. The Labute approximate surface area is 153 Å². The molecule has 0 bridgehead atoms. The summed E-state index contributed by atoms with van der Waals surface area (Å²) in [6.45, 7) is 5.86. The van der Waals surface area contributed by atoms with E-state index in [4.69, 9.17) is 17.6 Å². The number of allylic oxidation sites excluding steroid dienone is 1. The largest absolute Gasteiger partial charge is 0.444 e. The second kappa shape index (κ2) is 8.56. The van der Waals surface area contributed by atoms with Crippen LogP contribution in [0.2, 0.25) is 0 Å². The molecule has 0 amide bonds. The Morgan fingerprint density at radius 1 is 1.32 bits per heavy atom. The molecule has 0 radical (unpaired) electrons. The van der Waals surface area contributed by atoms with Gasteiger partial charge >= 0.3 is 5.97 Å². The molecule has 0 aliphatic carbocycles. The van der Waals surface area contributed by atoms with E-state index in [1.54, 1.807) is 11.3 Å². The normalized spacial score (nSPS) is 13.9. The van der Waals surface area contributed by atoms with Crippen LogP contribution in [-0.4, -0.2) is 12.1 Å². The van der Waals surface area contributed by atoms with Crippen molar-refractivity contribution in [3.05, 3.63) is 46.9 Å². The van der Waals surface area contributed by atoms with Crippen LogP contribution in [0, 0.1) is 30.6 Å². The van der Waals surface area contributed by atoms with Gasteiger partial charge in [-0.1, -0.05) is 44.0 Å². The lowest BCUT2D eigenvalue weighted by atomic mass is 9.94. The first kappa shape index (κ1) is 18.8. The minimum Gasteiger partial charge on any atom is -0.444 e. The predicted molar refractivity (Wildman–Crippen MR) is 105 cm³/mol. The summed E-state index contributed by atoms with van der Waals surface area (Å²) in [6.07, 6.45) is 12.4. The van der Waals surface area contributed by atoms with Crippen LogP contribution in [0.1, 0.15) is 38.0 Å². The summed E-state index contributed by atoms with van der Waals surface area (Å²) in [5.74, 6) is 4.54. The highest BCUT2D eigenvalue weighted by Gasteiger charge is 2.29. The molecular formula is C22H22O2S. The highest BCUT2D eigenvalue weighted by molar-refractivity contribution is 7.19. The number of thiophene rings is 1. The third-order valence-electron chi connectivity index (χ3n) is 4.01. The van der Waals surface area contributed by atoms with Crippen molar-refractivity contribution in [1.82, 2.24) is 0 Å². The van der Waals surface area contributed by atoms with Crippen LogP contribution in [0.25, 0.3) is 10.1 Å². The van der Waals surface area contributed by atoms with Gasteiger partial charge in [-0.3, -0.25) is 4.79 Å². The van der Waals surface area contributed by atoms with Gasteiger partial charge in [0.05, 0.1) is 5.92 Å². The minimum absolute atomic E-state index is 0.106. The number of hydrogen-bond donors (Lipinski definition) is 0. The maximum Gasteiger partial charge on any atom is 0.316 e. The summed E-state index contributed by atoms with van der Waals surface area (Å²) in [5.41, 5.74) is 0.785. The molecule has 1 aromatic heterocycles. The molecule has 0 aliphatic rings. The van der Waals surface area contributed by atoms with Gasteiger partial charge in [0.1, 0.15) is 0 Å². The summed E-state index contributed by atoms with van der Waals surface area (Å²) in [4.78, 5) is 13.8. The molecule has 1 heterocycles. The Kier molecular flexibility index (Phi) is 6.45. The zero-order chi connectivity index (χ0) is 18.4. The second-order valence-corrected chi connectivity index (χ2v) is 7.36. The second-order valence-electron chi connectivity index (χ2n) is 6.25. The van der Waals surface area contributed by atoms with Gasteiger partial charge in [-0.05, 0) is 35.9 Å². The predicted octanol–water partition coefficient (Wildman–Crippen LogP) is 5.16. The molecule has 0 saturated heterocycles. The molecule has 0 spiro atoms. The van der Waals surface area contributed by atoms with Crippen molar-refractivity contribution < 1.29 is 9.53 Å². The molecule has 2 atom stereocenters. The zero-order valence-corrected chi connectivity index (χ0v) is 15.6. The number of hydrogen-bond acceptors (Lipinski definition) is 3. The Morgan fingerprint density at radius 2 is 2.04 bits per heavy atom. The third-order valence-corrected chi connectivity index (χ3v) is 5.21. The first-order valence-electron chi connectivity index (χ1n) is 8.23. The SMILES string of the molecule is C#CCC=C(C)C(C#C)OC(=O)C(c1cc2ccccc2s1)C(C)C. The molecule has 0 N–H and O–H groups in total. The number of terminal acetylenes is 2. The van der Waals surface area contributed by atoms with Crippen molar-refractivity contribution in [3.8, 4) is 24.7 Å². The van der Waals surface area contributed by atoms with Crippen LogP contribution >= 0.6 is 11.3 Å². The quantitative estimate of drug-likeness (QED) is 0.409. The van der Waals surface area contributed by atoms with Crippen molar-refractivity contribution in [2.45, 2.75) is 39.2 Å². The van der Waals surface area contributed by atoms with E-state index >= 15 is 0 Å². The molecule has 2 rings (SSSR count). The average Bonchev–Trinajstić information content (AvgIpc) is 3.00. The average molecular weight is 350 g/mol. The Bertz CT molecular complexity index is 825. The summed E-state index contributed by atoms with van der Waals surface area (Å²) in [5, 5.41) is 1.14. The molecule has 2 unspecified atom stereocenters. The maximum absolute atomic E-state index is 12.8. The van der Waals surface area contributed by atoms with Crippen LogP contribution in [0.3, 0.4) is 0 Å². The third kappa shape index (κ3) is 4.53. The lowest BCUT2D eigenvalue weighted by molar-refractivity contribution is -0.148. The fourth-order valence-corrected chi connectivity index (χ4v) is 3.97. The van der Waals surface area contributed by atoms with Crippen molar-refractivity contribution >= 4 is 27.4 Å². The molecule has 1 aromatic carbocycles. The van der Waals surface area contributed by atoms with Crippen LogP contribution in [-0.2, 0) is 9.53 Å². The fourth-order valence-electron chi connectivity index (χ4n) is 2.65. The monoisotopic (exact) mass is 350 g/mol. The first-order chi connectivity index (χ1) is 12.0. The molecule has 3 heteroatoms. The van der Waals surface area contributed by atoms with Gasteiger partial charge in [-0.2, -0.15) is 0 Å². The molecule has 128 valence electrons. The van der Waals surface area contributed by atoms with Gasteiger partial charge in [-0.25, -0.2) is 0 Å². The number of esters is 1. The van der Waals surface area contributed by atoms with Gasteiger partial charge in [0, 0.05) is 16.0 Å². The van der Waals surface area contributed by atoms with E-state index < -0.39 is 6.10 Å². The van der Waals surface area contributed by atoms with E-state index in [0.29, 0.717) is 6.42 Å². The molecule has 0 aliphatic heterocycles. The number of benzene rings is 1. The highest BCUT2D eigenvalue weighted by Crippen LogP contribution is 2.35. The van der Waals surface area contributed by atoms with E-state index in [2.05, 4.69) is 30.0 Å². The Morgan fingerprint density at radius 3 is 2.64 bits per heavy atom. The van der Waals surface area contributed by atoms with Gasteiger partial charge < -0.3 is 4.74 Å². The van der Waals surface area contributed by atoms with Gasteiger partial charge in [-0.15, -0.1) is 30.1 Å². The number of carbonyl (C=O) groups excluding carboxylic acids is 1. The lowest BCUT2D eigenvalue weighted by Gasteiger charge is -2.21. The van der Waals surface area contributed by atoms with Crippen LogP contribution < -0.4 is 0 Å². The van der Waals surface area contributed by atoms with Gasteiger partial charge in [0.2, 0.25) is 0 Å². The first-order valence-corrected chi connectivity index (χ1v) is 9.04. The van der Waals surface area contributed by atoms with E-state index in [9.17, 15) is 4.79 Å². The number of rotatable bonds is 6. The van der Waals surface area contributed by atoms with E-state index in [0.717, 1.165) is 20.5 Å². The summed E-state index contributed by atoms with van der Waals surface area (Å²) in [7, 11) is 0. The van der Waals surface area contributed by atoms with Crippen molar-refractivity contribution in [2.75, 3.05) is 0 Å². The van der Waals surface area contributed by atoms with Crippen LogP contribution in [0.5, 0.6) is 0 Å². The van der Waals surface area contributed by atoms with E-state index in [1.807, 2.05) is 39.0 Å². The smallest absolute Gasteiger partial charge is 0.316 e. The molecule has 25 heavy (non-hydrogen) atoms. The maximum atomic E-state index is 12.8. The summed E-state index contributed by atoms with van der Waals surface area (Å²) in [6, 6.07) is 10.2. The molecule has 0 fully saturated rings. The van der Waals surface area contributed by atoms with E-state index in [1.165, 1.54) is 0 Å². The van der Waals surface area contributed by atoms with Crippen LogP contribution in [0.15, 0.2) is 42.0 Å².